The Morgan fingerprint density at radius 1 is 0.800 bits per heavy atom. The summed E-state index contributed by atoms with van der Waals surface area (Å²) >= 11 is 0. The molecule has 0 aliphatic heterocycles. The number of carbonyl (C=O) groups is 2. The fourth-order valence-corrected chi connectivity index (χ4v) is 3.24. The Balaban J connectivity index is 1.49. The van der Waals surface area contributed by atoms with Crippen molar-refractivity contribution in [3.63, 3.8) is 0 Å². The topological polar surface area (TPSA) is 64.0 Å². The summed E-state index contributed by atoms with van der Waals surface area (Å²) in [4.78, 5) is 25.3. The first-order valence-corrected chi connectivity index (χ1v) is 9.70. The molecule has 30 heavy (non-hydrogen) atoms. The molecule has 0 atom stereocenters. The van der Waals surface area contributed by atoms with E-state index in [2.05, 4.69) is 10.4 Å². The lowest BCUT2D eigenvalue weighted by atomic mass is 10.0. The van der Waals surface area contributed by atoms with Gasteiger partial charge in [-0.3, -0.25) is 9.59 Å². The molecule has 0 saturated carbocycles. The molecule has 1 aromatic heterocycles. The van der Waals surface area contributed by atoms with Crippen LogP contribution in [0.2, 0.25) is 0 Å². The van der Waals surface area contributed by atoms with E-state index in [1.54, 1.807) is 41.1 Å². The Bertz CT molecular complexity index is 1160. The number of anilines is 1. The molecule has 4 rings (SSSR count). The van der Waals surface area contributed by atoms with E-state index in [9.17, 15) is 9.59 Å². The number of hydrogen-bond donors (Lipinski definition) is 1. The molecule has 0 unspecified atom stereocenters. The maximum Gasteiger partial charge on any atom is 0.256 e. The summed E-state index contributed by atoms with van der Waals surface area (Å²) in [5, 5.41) is 7.41. The van der Waals surface area contributed by atoms with Gasteiger partial charge in [0.1, 0.15) is 5.82 Å². The van der Waals surface area contributed by atoms with Gasteiger partial charge in [0, 0.05) is 22.8 Å². The molecule has 1 heterocycles. The maximum absolute atomic E-state index is 12.7. The number of nitrogens with one attached hydrogen (secondary N) is 1. The van der Waals surface area contributed by atoms with Gasteiger partial charge in [-0.25, -0.2) is 4.68 Å². The van der Waals surface area contributed by atoms with Crippen molar-refractivity contribution < 1.29 is 9.59 Å². The fourth-order valence-electron chi connectivity index (χ4n) is 3.24. The first kappa shape index (κ1) is 19.3. The Kier molecular flexibility index (Phi) is 5.52. The van der Waals surface area contributed by atoms with Crippen LogP contribution in [0.4, 0.5) is 5.82 Å². The van der Waals surface area contributed by atoms with Crippen LogP contribution in [0.1, 0.15) is 37.5 Å². The first-order valence-electron chi connectivity index (χ1n) is 9.70. The van der Waals surface area contributed by atoms with Crippen LogP contribution in [0.15, 0.2) is 91.0 Å². The molecule has 1 N–H and O–H groups in total. The van der Waals surface area contributed by atoms with Gasteiger partial charge in [0.2, 0.25) is 0 Å². The molecule has 148 valence electrons. The normalized spacial score (nSPS) is 10.6. The highest BCUT2D eigenvalue weighted by Crippen LogP contribution is 2.16. The molecule has 0 radical (unpaired) electrons. The summed E-state index contributed by atoms with van der Waals surface area (Å²) in [5.74, 6) is 0.313. The van der Waals surface area contributed by atoms with Crippen LogP contribution >= 0.6 is 0 Å². The third kappa shape index (κ3) is 4.36. The van der Waals surface area contributed by atoms with Crippen molar-refractivity contribution in [1.29, 1.82) is 0 Å². The molecule has 5 heteroatoms. The number of aryl methyl sites for hydroxylation is 1. The molecule has 5 nitrogen and oxygen atoms in total. The van der Waals surface area contributed by atoms with Crippen molar-refractivity contribution in [2.24, 2.45) is 0 Å². The predicted octanol–water partition coefficient (Wildman–Crippen LogP) is 4.72. The molecule has 4 aromatic rings. The molecule has 3 aromatic carbocycles. The highest BCUT2D eigenvalue weighted by atomic mass is 16.1. The highest BCUT2D eigenvalue weighted by Gasteiger charge is 2.13. The van der Waals surface area contributed by atoms with Crippen molar-refractivity contribution in [2.45, 2.75) is 13.5 Å². The monoisotopic (exact) mass is 395 g/mol. The van der Waals surface area contributed by atoms with Gasteiger partial charge < -0.3 is 5.32 Å². The second-order valence-electron chi connectivity index (χ2n) is 7.04. The van der Waals surface area contributed by atoms with E-state index < -0.39 is 0 Å². The van der Waals surface area contributed by atoms with Gasteiger partial charge in [0.25, 0.3) is 5.91 Å². The van der Waals surface area contributed by atoms with E-state index in [0.29, 0.717) is 29.1 Å². The molecular formula is C25H21N3O2. The predicted molar refractivity (Wildman–Crippen MR) is 117 cm³/mol. The SMILES string of the molecule is Cc1cc(NC(=O)c2ccc(C(=O)c3ccccc3)cc2)n(Cc2ccccc2)n1. The van der Waals surface area contributed by atoms with Gasteiger partial charge in [-0.15, -0.1) is 0 Å². The first-order chi connectivity index (χ1) is 14.6. The molecule has 0 aliphatic rings. The zero-order chi connectivity index (χ0) is 20.9. The van der Waals surface area contributed by atoms with Crippen molar-refractivity contribution in [3.8, 4) is 0 Å². The molecule has 0 saturated heterocycles. The third-order valence-electron chi connectivity index (χ3n) is 4.76. The minimum Gasteiger partial charge on any atom is -0.307 e. The number of nitrogens with zero attached hydrogens (tertiary/aromatic N) is 2. The third-order valence-corrected chi connectivity index (χ3v) is 4.76. The lowest BCUT2D eigenvalue weighted by molar-refractivity contribution is 0.101. The minimum absolute atomic E-state index is 0.0703. The molecule has 1 amide bonds. The zero-order valence-electron chi connectivity index (χ0n) is 16.6. The van der Waals surface area contributed by atoms with E-state index in [1.165, 1.54) is 0 Å². The van der Waals surface area contributed by atoms with Crippen LogP contribution in [0.5, 0.6) is 0 Å². The lowest BCUT2D eigenvalue weighted by Gasteiger charge is -2.09. The quantitative estimate of drug-likeness (QED) is 0.480. The van der Waals surface area contributed by atoms with Crippen LogP contribution in [0.25, 0.3) is 0 Å². The number of carbonyl (C=O) groups excluding carboxylic acids is 2. The summed E-state index contributed by atoms with van der Waals surface area (Å²) in [5.41, 5.74) is 3.56. The maximum atomic E-state index is 12.7. The van der Waals surface area contributed by atoms with E-state index in [0.717, 1.165) is 11.3 Å². The van der Waals surface area contributed by atoms with Gasteiger partial charge in [0.15, 0.2) is 5.78 Å². The van der Waals surface area contributed by atoms with Crippen molar-refractivity contribution in [2.75, 3.05) is 5.32 Å². The largest absolute Gasteiger partial charge is 0.307 e. The Morgan fingerprint density at radius 2 is 1.37 bits per heavy atom. The van der Waals surface area contributed by atoms with Crippen molar-refractivity contribution in [1.82, 2.24) is 9.78 Å². The number of benzene rings is 3. The summed E-state index contributed by atoms with van der Waals surface area (Å²) in [7, 11) is 0. The second-order valence-corrected chi connectivity index (χ2v) is 7.04. The van der Waals surface area contributed by atoms with Crippen LogP contribution in [-0.4, -0.2) is 21.5 Å². The van der Waals surface area contributed by atoms with Crippen LogP contribution in [0, 0.1) is 6.92 Å². The van der Waals surface area contributed by atoms with E-state index in [1.807, 2.05) is 61.5 Å². The van der Waals surface area contributed by atoms with E-state index >= 15 is 0 Å². The summed E-state index contributed by atoms with van der Waals surface area (Å²) in [6.45, 7) is 2.45. The van der Waals surface area contributed by atoms with E-state index in [4.69, 9.17) is 0 Å². The molecule has 0 aliphatic carbocycles. The summed E-state index contributed by atoms with van der Waals surface area (Å²) < 4.78 is 1.77. The van der Waals surface area contributed by atoms with Gasteiger partial charge >= 0.3 is 0 Å². The van der Waals surface area contributed by atoms with Crippen molar-refractivity contribution in [3.05, 3.63) is 119 Å². The molecule has 0 fully saturated rings. The van der Waals surface area contributed by atoms with Gasteiger partial charge in [-0.05, 0) is 24.6 Å². The van der Waals surface area contributed by atoms with Crippen LogP contribution in [0.3, 0.4) is 0 Å². The number of aromatic nitrogens is 2. The zero-order valence-corrected chi connectivity index (χ0v) is 16.6. The summed E-state index contributed by atoms with van der Waals surface area (Å²) in [6, 6.07) is 27.6. The van der Waals surface area contributed by atoms with Crippen LogP contribution in [-0.2, 0) is 6.54 Å². The fraction of sp³-hybridized carbons (Fsp3) is 0.0800. The summed E-state index contributed by atoms with van der Waals surface area (Å²) in [6.07, 6.45) is 0. The Labute approximate surface area is 175 Å². The minimum atomic E-state index is -0.247. The number of rotatable bonds is 6. The van der Waals surface area contributed by atoms with Gasteiger partial charge in [-0.2, -0.15) is 5.10 Å². The number of ketones is 1. The standard InChI is InChI=1S/C25H21N3O2/c1-18-16-23(28(27-18)17-19-8-4-2-5-9-19)26-25(30)22-14-12-21(13-15-22)24(29)20-10-6-3-7-11-20/h2-16H,17H2,1H3,(H,26,30). The average molecular weight is 395 g/mol. The number of amides is 1. The molecule has 0 spiro atoms. The second kappa shape index (κ2) is 8.57. The van der Waals surface area contributed by atoms with Crippen LogP contribution < -0.4 is 5.32 Å². The Morgan fingerprint density at radius 3 is 2.03 bits per heavy atom. The molecule has 0 bridgehead atoms. The van der Waals surface area contributed by atoms with Gasteiger partial charge in [0.05, 0.1) is 12.2 Å². The smallest absolute Gasteiger partial charge is 0.256 e. The van der Waals surface area contributed by atoms with Gasteiger partial charge in [-0.1, -0.05) is 72.8 Å². The lowest BCUT2D eigenvalue weighted by Crippen LogP contribution is -2.16. The molecular weight excluding hydrogens is 374 g/mol. The Hall–Kier alpha value is -3.99. The highest BCUT2D eigenvalue weighted by molar-refractivity contribution is 6.10. The van der Waals surface area contributed by atoms with Crippen molar-refractivity contribution >= 4 is 17.5 Å². The number of hydrogen-bond acceptors (Lipinski definition) is 3. The average Bonchev–Trinajstić information content (AvgIpc) is 3.13. The van der Waals surface area contributed by atoms with E-state index in [-0.39, 0.29) is 11.7 Å².